The molecule has 0 unspecified atom stereocenters. The minimum Gasteiger partial charge on any atom is -0.297 e. The molecule has 0 fully saturated rings. The van der Waals surface area contributed by atoms with E-state index < -0.39 is 0 Å². The van der Waals surface area contributed by atoms with Crippen LogP contribution in [0.4, 0.5) is 0 Å². The molecule has 1 aliphatic rings. The van der Waals surface area contributed by atoms with Crippen LogP contribution in [0.5, 0.6) is 0 Å². The Morgan fingerprint density at radius 1 is 1.36 bits per heavy atom. The quantitative estimate of drug-likeness (QED) is 0.604. The second kappa shape index (κ2) is 2.64. The first-order valence-electron chi connectivity index (χ1n) is 3.79. The Hall–Kier alpha value is -0.860. The van der Waals surface area contributed by atoms with Gasteiger partial charge in [-0.3, -0.25) is 4.84 Å². The lowest BCUT2D eigenvalue weighted by molar-refractivity contribution is 0.0108. The van der Waals surface area contributed by atoms with Crippen LogP contribution in [0.25, 0.3) is 0 Å². The summed E-state index contributed by atoms with van der Waals surface area (Å²) in [5.41, 5.74) is 6.82. The third-order valence-corrected chi connectivity index (χ3v) is 1.95. The van der Waals surface area contributed by atoms with Crippen molar-refractivity contribution in [1.29, 1.82) is 0 Å². The lowest BCUT2D eigenvalue weighted by Gasteiger charge is -2.16. The van der Waals surface area contributed by atoms with E-state index >= 15 is 0 Å². The second-order valence-corrected chi connectivity index (χ2v) is 2.88. The molecule has 11 heavy (non-hydrogen) atoms. The van der Waals surface area contributed by atoms with E-state index in [1.54, 1.807) is 0 Å². The third-order valence-electron chi connectivity index (χ3n) is 1.95. The molecule has 0 aliphatic carbocycles. The summed E-state index contributed by atoms with van der Waals surface area (Å²) in [7, 11) is 0. The van der Waals surface area contributed by atoms with Crippen LogP contribution in [0.1, 0.15) is 16.7 Å². The van der Waals surface area contributed by atoms with Crippen LogP contribution in [0.3, 0.4) is 0 Å². The van der Waals surface area contributed by atoms with Crippen molar-refractivity contribution in [3.05, 3.63) is 34.9 Å². The van der Waals surface area contributed by atoms with Gasteiger partial charge in [-0.25, -0.2) is 0 Å². The van der Waals surface area contributed by atoms with E-state index in [9.17, 15) is 0 Å². The molecule has 0 amide bonds. The molecule has 2 rings (SSSR count). The molecular formula is C9H11NO. The van der Waals surface area contributed by atoms with E-state index in [2.05, 4.69) is 30.6 Å². The lowest BCUT2D eigenvalue weighted by Crippen LogP contribution is -2.20. The Morgan fingerprint density at radius 2 is 2.27 bits per heavy atom. The van der Waals surface area contributed by atoms with Gasteiger partial charge in [0, 0.05) is 6.54 Å². The van der Waals surface area contributed by atoms with Crippen molar-refractivity contribution in [2.24, 2.45) is 0 Å². The van der Waals surface area contributed by atoms with E-state index in [4.69, 9.17) is 4.84 Å². The zero-order valence-electron chi connectivity index (χ0n) is 6.55. The first-order chi connectivity index (χ1) is 5.36. The molecule has 1 aliphatic heterocycles. The van der Waals surface area contributed by atoms with Crippen LogP contribution in [0, 0.1) is 6.92 Å². The Morgan fingerprint density at radius 3 is 3.18 bits per heavy atom. The van der Waals surface area contributed by atoms with Crippen molar-refractivity contribution < 1.29 is 4.84 Å². The highest BCUT2D eigenvalue weighted by molar-refractivity contribution is 5.31. The number of nitrogens with one attached hydrogen (secondary N) is 1. The highest BCUT2D eigenvalue weighted by Gasteiger charge is 2.07. The molecule has 0 spiro atoms. The SMILES string of the molecule is Cc1ccc2c(c1)CONC2. The van der Waals surface area contributed by atoms with Gasteiger partial charge in [0.25, 0.3) is 0 Å². The van der Waals surface area contributed by atoms with E-state index in [1.807, 2.05) is 0 Å². The third kappa shape index (κ3) is 1.27. The first-order valence-corrected chi connectivity index (χ1v) is 3.79. The maximum Gasteiger partial charge on any atom is 0.0936 e. The van der Waals surface area contributed by atoms with E-state index in [0.717, 1.165) is 6.54 Å². The van der Waals surface area contributed by atoms with Gasteiger partial charge in [0.2, 0.25) is 0 Å². The van der Waals surface area contributed by atoms with Crippen molar-refractivity contribution in [1.82, 2.24) is 5.48 Å². The van der Waals surface area contributed by atoms with Crippen LogP contribution in [0.2, 0.25) is 0 Å². The zero-order valence-corrected chi connectivity index (χ0v) is 6.55. The number of hydroxylamine groups is 1. The van der Waals surface area contributed by atoms with Gasteiger partial charge in [0.1, 0.15) is 0 Å². The summed E-state index contributed by atoms with van der Waals surface area (Å²) in [6.45, 7) is 3.62. The molecule has 1 aromatic rings. The molecule has 1 heterocycles. The maximum atomic E-state index is 5.10. The minimum atomic E-state index is 0.691. The fraction of sp³-hybridized carbons (Fsp3) is 0.333. The molecular weight excluding hydrogens is 138 g/mol. The molecule has 58 valence electrons. The van der Waals surface area contributed by atoms with Crippen molar-refractivity contribution in [3.8, 4) is 0 Å². The van der Waals surface area contributed by atoms with Crippen molar-refractivity contribution in [2.45, 2.75) is 20.1 Å². The number of benzene rings is 1. The number of aryl methyl sites for hydroxylation is 1. The van der Waals surface area contributed by atoms with Crippen molar-refractivity contribution in [2.75, 3.05) is 0 Å². The highest BCUT2D eigenvalue weighted by Crippen LogP contribution is 2.15. The summed E-state index contributed by atoms with van der Waals surface area (Å²) in [6.07, 6.45) is 0. The van der Waals surface area contributed by atoms with Gasteiger partial charge in [-0.1, -0.05) is 23.8 Å². The van der Waals surface area contributed by atoms with Crippen molar-refractivity contribution >= 4 is 0 Å². The Labute approximate surface area is 66.1 Å². The Kier molecular flexibility index (Phi) is 1.64. The van der Waals surface area contributed by atoms with Crippen LogP contribution in [0.15, 0.2) is 18.2 Å². The predicted octanol–water partition coefficient (Wildman–Crippen LogP) is 1.53. The average molecular weight is 149 g/mol. The summed E-state index contributed by atoms with van der Waals surface area (Å²) in [6, 6.07) is 6.46. The molecule has 0 aromatic heterocycles. The molecule has 0 saturated carbocycles. The molecule has 0 atom stereocenters. The van der Waals surface area contributed by atoms with Crippen molar-refractivity contribution in [3.63, 3.8) is 0 Å². The van der Waals surface area contributed by atoms with Gasteiger partial charge in [-0.2, -0.15) is 5.48 Å². The maximum absolute atomic E-state index is 5.10. The highest BCUT2D eigenvalue weighted by atomic mass is 16.6. The molecule has 0 radical (unpaired) electrons. The predicted molar refractivity (Wildman–Crippen MR) is 42.8 cm³/mol. The zero-order chi connectivity index (χ0) is 7.68. The van der Waals surface area contributed by atoms with Crippen LogP contribution in [-0.4, -0.2) is 0 Å². The average Bonchev–Trinajstić information content (AvgIpc) is 2.04. The number of hydrogen-bond donors (Lipinski definition) is 1. The van der Waals surface area contributed by atoms with E-state index in [0.29, 0.717) is 6.61 Å². The lowest BCUT2D eigenvalue weighted by atomic mass is 10.0. The largest absolute Gasteiger partial charge is 0.297 e. The number of hydrogen-bond acceptors (Lipinski definition) is 2. The molecule has 2 heteroatoms. The molecule has 1 aromatic carbocycles. The van der Waals surface area contributed by atoms with Gasteiger partial charge in [-0.05, 0) is 18.1 Å². The van der Waals surface area contributed by atoms with Gasteiger partial charge < -0.3 is 0 Å². The minimum absolute atomic E-state index is 0.691. The summed E-state index contributed by atoms with van der Waals surface area (Å²) in [5.74, 6) is 0. The van der Waals surface area contributed by atoms with Crippen LogP contribution < -0.4 is 5.48 Å². The van der Waals surface area contributed by atoms with Gasteiger partial charge in [0.15, 0.2) is 0 Å². The van der Waals surface area contributed by atoms with Crippen LogP contribution in [-0.2, 0) is 18.0 Å². The monoisotopic (exact) mass is 149 g/mol. The topological polar surface area (TPSA) is 21.3 Å². The Balaban J connectivity index is 2.43. The van der Waals surface area contributed by atoms with E-state index in [1.165, 1.54) is 16.7 Å². The van der Waals surface area contributed by atoms with E-state index in [-0.39, 0.29) is 0 Å². The first kappa shape index (κ1) is 6.83. The fourth-order valence-electron chi connectivity index (χ4n) is 1.32. The molecule has 1 N–H and O–H groups in total. The smallest absolute Gasteiger partial charge is 0.0936 e. The molecule has 0 saturated heterocycles. The number of fused-ring (bicyclic) bond motifs is 1. The summed E-state index contributed by atoms with van der Waals surface area (Å²) in [5, 5.41) is 0. The summed E-state index contributed by atoms with van der Waals surface area (Å²) in [4.78, 5) is 5.10. The summed E-state index contributed by atoms with van der Waals surface area (Å²) < 4.78 is 0. The van der Waals surface area contributed by atoms with Crippen LogP contribution >= 0.6 is 0 Å². The molecule has 0 bridgehead atoms. The Bertz CT molecular complexity index is 270. The van der Waals surface area contributed by atoms with Gasteiger partial charge >= 0.3 is 0 Å². The normalized spacial score (nSPS) is 16.1. The van der Waals surface area contributed by atoms with Gasteiger partial charge in [-0.15, -0.1) is 0 Å². The molecule has 2 nitrogen and oxygen atoms in total. The second-order valence-electron chi connectivity index (χ2n) is 2.88. The standard InChI is InChI=1S/C9H11NO/c1-7-2-3-8-5-10-11-6-9(8)4-7/h2-4,10H,5-6H2,1H3. The fourth-order valence-corrected chi connectivity index (χ4v) is 1.32. The summed E-state index contributed by atoms with van der Waals surface area (Å²) >= 11 is 0. The number of rotatable bonds is 0. The van der Waals surface area contributed by atoms with Gasteiger partial charge in [0.05, 0.1) is 6.61 Å².